The Morgan fingerprint density at radius 3 is 2.58 bits per heavy atom. The van der Waals surface area contributed by atoms with Crippen molar-refractivity contribution < 1.29 is 14.3 Å². The molecular formula is C26H32BrN5O3S. The van der Waals surface area contributed by atoms with Crippen molar-refractivity contribution in [3.63, 3.8) is 0 Å². The van der Waals surface area contributed by atoms with E-state index in [1.807, 2.05) is 61.7 Å². The second-order valence-corrected chi connectivity index (χ2v) is 10.5. The highest BCUT2D eigenvalue weighted by Gasteiger charge is 2.15. The van der Waals surface area contributed by atoms with Crippen LogP contribution in [0.5, 0.6) is 5.75 Å². The van der Waals surface area contributed by atoms with E-state index in [2.05, 4.69) is 50.6 Å². The summed E-state index contributed by atoms with van der Waals surface area (Å²) in [6.45, 7) is 10.9. The molecule has 0 aliphatic rings. The van der Waals surface area contributed by atoms with Crippen LogP contribution in [0, 0.1) is 13.8 Å². The van der Waals surface area contributed by atoms with E-state index in [0.29, 0.717) is 23.4 Å². The molecule has 0 fully saturated rings. The summed E-state index contributed by atoms with van der Waals surface area (Å²) in [6, 6.07) is 11.7. The fourth-order valence-electron chi connectivity index (χ4n) is 3.54. The van der Waals surface area contributed by atoms with E-state index in [0.717, 1.165) is 32.6 Å². The van der Waals surface area contributed by atoms with Crippen LogP contribution >= 0.6 is 27.7 Å². The van der Waals surface area contributed by atoms with Gasteiger partial charge in [-0.2, -0.15) is 0 Å². The molecule has 3 rings (SSSR count). The Morgan fingerprint density at radius 1 is 1.11 bits per heavy atom. The summed E-state index contributed by atoms with van der Waals surface area (Å²) in [4.78, 5) is 24.8. The average molecular weight is 575 g/mol. The third-order valence-electron chi connectivity index (χ3n) is 5.48. The molecule has 0 bridgehead atoms. The minimum Gasteiger partial charge on any atom is -0.483 e. The maximum atomic E-state index is 12.4. The topological polar surface area (TPSA) is 98.1 Å². The normalized spacial score (nSPS) is 11.0. The fourth-order valence-corrected chi connectivity index (χ4v) is 4.61. The van der Waals surface area contributed by atoms with Crippen LogP contribution < -0.4 is 15.4 Å². The maximum absolute atomic E-state index is 12.4. The van der Waals surface area contributed by atoms with Crippen molar-refractivity contribution in [3.8, 4) is 5.75 Å². The number of nitrogens with one attached hydrogen (secondary N) is 2. The van der Waals surface area contributed by atoms with Crippen LogP contribution in [-0.2, 0) is 22.7 Å². The van der Waals surface area contributed by atoms with Gasteiger partial charge >= 0.3 is 0 Å². The molecule has 2 amide bonds. The monoisotopic (exact) mass is 573 g/mol. The number of rotatable bonds is 11. The van der Waals surface area contributed by atoms with E-state index >= 15 is 0 Å². The fraction of sp³-hybridized carbons (Fsp3) is 0.385. The number of nitrogens with zero attached hydrogens (tertiary/aromatic N) is 3. The van der Waals surface area contributed by atoms with Crippen LogP contribution in [0.25, 0.3) is 0 Å². The van der Waals surface area contributed by atoms with Gasteiger partial charge in [-0.25, -0.2) is 0 Å². The van der Waals surface area contributed by atoms with E-state index in [4.69, 9.17) is 4.74 Å². The molecule has 192 valence electrons. The van der Waals surface area contributed by atoms with Gasteiger partial charge in [0.05, 0.1) is 12.3 Å². The van der Waals surface area contributed by atoms with Crippen LogP contribution in [0.4, 0.5) is 5.69 Å². The van der Waals surface area contributed by atoms with Crippen molar-refractivity contribution in [2.24, 2.45) is 0 Å². The number of aryl methyl sites for hydroxylation is 2. The third kappa shape index (κ3) is 7.57. The summed E-state index contributed by atoms with van der Waals surface area (Å²) in [5.74, 6) is 1.47. The van der Waals surface area contributed by atoms with Gasteiger partial charge in [0.2, 0.25) is 5.91 Å². The number of anilines is 1. The highest BCUT2D eigenvalue weighted by atomic mass is 79.9. The molecule has 0 spiro atoms. The standard InChI is InChI=1S/C26H32BrN5O3S/c1-6-32-23(13-28-24(33)14-35-22-11-17(4)7-9-20(22)16(2)3)30-31-26(32)36-15-25(34)29-19-8-10-21(27)18(5)12-19/h7-12,16H,6,13-15H2,1-5H3,(H,28,33)(H,29,34). The van der Waals surface area contributed by atoms with Crippen molar-refractivity contribution in [3.05, 3.63) is 63.4 Å². The first-order chi connectivity index (χ1) is 17.2. The Hall–Kier alpha value is -2.85. The van der Waals surface area contributed by atoms with Crippen LogP contribution in [0.1, 0.15) is 49.2 Å². The zero-order valence-electron chi connectivity index (χ0n) is 21.2. The Balaban J connectivity index is 1.51. The van der Waals surface area contributed by atoms with Gasteiger partial charge in [-0.15, -0.1) is 10.2 Å². The lowest BCUT2D eigenvalue weighted by Crippen LogP contribution is -2.29. The van der Waals surface area contributed by atoms with Gasteiger partial charge in [0.1, 0.15) is 5.75 Å². The second kappa shape index (κ2) is 12.9. The molecule has 2 N–H and O–H groups in total. The summed E-state index contributed by atoms with van der Waals surface area (Å²) in [5, 5.41) is 14.8. The van der Waals surface area contributed by atoms with Crippen molar-refractivity contribution in [2.45, 2.75) is 58.8 Å². The van der Waals surface area contributed by atoms with Crippen molar-refractivity contribution in [1.82, 2.24) is 20.1 Å². The number of hydrogen-bond acceptors (Lipinski definition) is 6. The molecule has 0 aliphatic heterocycles. The van der Waals surface area contributed by atoms with E-state index in [1.165, 1.54) is 11.8 Å². The lowest BCUT2D eigenvalue weighted by atomic mass is 10.0. The zero-order chi connectivity index (χ0) is 26.2. The predicted molar refractivity (Wildman–Crippen MR) is 147 cm³/mol. The smallest absolute Gasteiger partial charge is 0.258 e. The lowest BCUT2D eigenvalue weighted by molar-refractivity contribution is -0.123. The molecule has 36 heavy (non-hydrogen) atoms. The average Bonchev–Trinajstić information content (AvgIpc) is 3.24. The summed E-state index contributed by atoms with van der Waals surface area (Å²) >= 11 is 4.76. The van der Waals surface area contributed by atoms with Gasteiger partial charge in [0.25, 0.3) is 5.91 Å². The third-order valence-corrected chi connectivity index (χ3v) is 7.33. The molecule has 8 nitrogen and oxygen atoms in total. The largest absolute Gasteiger partial charge is 0.483 e. The number of ether oxygens (including phenoxy) is 1. The van der Waals surface area contributed by atoms with Crippen LogP contribution in [0.15, 0.2) is 46.0 Å². The number of hydrogen-bond donors (Lipinski definition) is 2. The maximum Gasteiger partial charge on any atom is 0.258 e. The minimum atomic E-state index is -0.241. The van der Waals surface area contributed by atoms with Crippen molar-refractivity contribution >= 4 is 45.2 Å². The molecule has 1 aromatic heterocycles. The number of benzene rings is 2. The molecule has 0 unspecified atom stereocenters. The molecule has 1 heterocycles. The Morgan fingerprint density at radius 2 is 1.89 bits per heavy atom. The van der Waals surface area contributed by atoms with Gasteiger partial charge in [-0.1, -0.05) is 53.7 Å². The second-order valence-electron chi connectivity index (χ2n) is 8.71. The van der Waals surface area contributed by atoms with Gasteiger partial charge in [0.15, 0.2) is 17.6 Å². The highest BCUT2D eigenvalue weighted by Crippen LogP contribution is 2.27. The molecule has 0 aliphatic carbocycles. The molecule has 2 aromatic carbocycles. The first-order valence-corrected chi connectivity index (χ1v) is 13.6. The first-order valence-electron chi connectivity index (χ1n) is 11.8. The first kappa shape index (κ1) is 27.7. The SMILES string of the molecule is CCn1c(CNC(=O)COc2cc(C)ccc2C(C)C)nnc1SCC(=O)Nc1ccc(Br)c(C)c1. The molecule has 0 atom stereocenters. The van der Waals surface area contributed by atoms with Crippen molar-refractivity contribution in [2.75, 3.05) is 17.7 Å². The van der Waals surface area contributed by atoms with E-state index in [1.54, 1.807) is 0 Å². The zero-order valence-corrected chi connectivity index (χ0v) is 23.6. The number of carbonyl (C=O) groups is 2. The molecule has 0 saturated carbocycles. The number of thioether (sulfide) groups is 1. The van der Waals surface area contributed by atoms with E-state index in [-0.39, 0.29) is 30.7 Å². The Bertz CT molecular complexity index is 1230. The quantitative estimate of drug-likeness (QED) is 0.305. The van der Waals surface area contributed by atoms with Crippen LogP contribution in [0.2, 0.25) is 0 Å². The van der Waals surface area contributed by atoms with Gasteiger partial charge in [-0.3, -0.25) is 9.59 Å². The molecule has 3 aromatic rings. The van der Waals surface area contributed by atoms with Crippen LogP contribution in [0.3, 0.4) is 0 Å². The van der Waals surface area contributed by atoms with Gasteiger partial charge < -0.3 is 19.9 Å². The van der Waals surface area contributed by atoms with Gasteiger partial charge in [0, 0.05) is 16.7 Å². The summed E-state index contributed by atoms with van der Waals surface area (Å²) in [6.07, 6.45) is 0. The van der Waals surface area contributed by atoms with E-state index < -0.39 is 0 Å². The predicted octanol–water partition coefficient (Wildman–Crippen LogP) is 5.23. The molecule has 0 radical (unpaired) electrons. The summed E-state index contributed by atoms with van der Waals surface area (Å²) < 4.78 is 8.70. The van der Waals surface area contributed by atoms with Crippen LogP contribution in [-0.4, -0.2) is 38.9 Å². The number of amides is 2. The summed E-state index contributed by atoms with van der Waals surface area (Å²) in [5.41, 5.74) is 3.94. The summed E-state index contributed by atoms with van der Waals surface area (Å²) in [7, 11) is 0. The number of halogens is 1. The van der Waals surface area contributed by atoms with Crippen molar-refractivity contribution in [1.29, 1.82) is 0 Å². The Kier molecular flexibility index (Phi) is 9.95. The van der Waals surface area contributed by atoms with Gasteiger partial charge in [-0.05, 0) is 67.6 Å². The lowest BCUT2D eigenvalue weighted by Gasteiger charge is -2.15. The minimum absolute atomic E-state index is 0.0826. The number of carbonyl (C=O) groups excluding carboxylic acids is 2. The molecule has 0 saturated heterocycles. The highest BCUT2D eigenvalue weighted by molar-refractivity contribution is 9.10. The Labute approximate surface area is 224 Å². The molecule has 10 heteroatoms. The van der Waals surface area contributed by atoms with E-state index in [9.17, 15) is 9.59 Å². The number of aromatic nitrogens is 3. The molecular weight excluding hydrogens is 542 g/mol.